The second kappa shape index (κ2) is 8.26. The molecule has 2 N–H and O–H groups in total. The van der Waals surface area contributed by atoms with Crippen LogP contribution in [0.2, 0.25) is 5.02 Å². The van der Waals surface area contributed by atoms with Crippen LogP contribution in [-0.4, -0.2) is 44.3 Å². The maximum Gasteiger partial charge on any atom is 0.395 e. The highest BCUT2D eigenvalue weighted by molar-refractivity contribution is 6.34. The molecular weight excluding hydrogens is 453 g/mol. The predicted molar refractivity (Wildman–Crippen MR) is 106 cm³/mol. The van der Waals surface area contributed by atoms with Crippen LogP contribution in [0.5, 0.6) is 5.88 Å². The summed E-state index contributed by atoms with van der Waals surface area (Å²) >= 11 is 6.07. The standard InChI is InChI=1S/C19H16ClF3N6O3/c1-8(26-17(30)15-14(20)18(31-2)25-7-24-15)11-6-13(32-29-11)16-27-10-4-3-9(19(21,22)23)5-12(10)28-16/h3-4,6-9H,5H2,1-2H3,(H,26,30)(H,27,28)/t8-,9?/m1/s1. The maximum atomic E-state index is 13.0. The number of aromatic amines is 1. The van der Waals surface area contributed by atoms with E-state index in [1.165, 1.54) is 19.3 Å². The number of imidazole rings is 1. The molecule has 0 spiro atoms. The van der Waals surface area contributed by atoms with Gasteiger partial charge in [-0.2, -0.15) is 13.2 Å². The number of nitrogens with zero attached hydrogens (tertiary/aromatic N) is 4. The lowest BCUT2D eigenvalue weighted by molar-refractivity contribution is -0.160. The molecule has 0 saturated carbocycles. The molecule has 1 unspecified atom stereocenters. The summed E-state index contributed by atoms with van der Waals surface area (Å²) in [4.78, 5) is 27.3. The van der Waals surface area contributed by atoms with E-state index < -0.39 is 24.0 Å². The van der Waals surface area contributed by atoms with Gasteiger partial charge >= 0.3 is 6.18 Å². The number of carbonyl (C=O) groups is 1. The van der Waals surface area contributed by atoms with Gasteiger partial charge in [0.1, 0.15) is 17.0 Å². The van der Waals surface area contributed by atoms with Crippen LogP contribution < -0.4 is 10.1 Å². The number of aromatic nitrogens is 5. The quantitative estimate of drug-likeness (QED) is 0.585. The van der Waals surface area contributed by atoms with Crippen molar-refractivity contribution in [3.8, 4) is 17.5 Å². The third-order valence-corrected chi connectivity index (χ3v) is 5.20. The van der Waals surface area contributed by atoms with Gasteiger partial charge in [-0.3, -0.25) is 4.79 Å². The van der Waals surface area contributed by atoms with E-state index in [0.29, 0.717) is 17.1 Å². The zero-order valence-corrected chi connectivity index (χ0v) is 17.5. The van der Waals surface area contributed by atoms with E-state index in [9.17, 15) is 18.0 Å². The molecule has 4 rings (SSSR count). The first-order valence-electron chi connectivity index (χ1n) is 9.33. The fraction of sp³-hybridized carbons (Fsp3) is 0.316. The molecule has 0 radical (unpaired) electrons. The number of rotatable bonds is 5. The second-order valence-corrected chi connectivity index (χ2v) is 7.40. The summed E-state index contributed by atoms with van der Waals surface area (Å²) in [7, 11) is 1.36. The molecule has 1 aliphatic carbocycles. The van der Waals surface area contributed by atoms with Crippen molar-refractivity contribution < 1.29 is 27.2 Å². The van der Waals surface area contributed by atoms with Gasteiger partial charge in [0, 0.05) is 18.2 Å². The van der Waals surface area contributed by atoms with Crippen LogP contribution in [0.25, 0.3) is 17.7 Å². The Balaban J connectivity index is 1.49. The van der Waals surface area contributed by atoms with Gasteiger partial charge in [-0.1, -0.05) is 22.8 Å². The summed E-state index contributed by atoms with van der Waals surface area (Å²) in [5, 5.41) is 6.56. The third kappa shape index (κ3) is 4.17. The number of hydrogen-bond donors (Lipinski definition) is 2. The molecule has 13 heteroatoms. The number of allylic oxidation sites excluding steroid dienone is 1. The lowest BCUT2D eigenvalue weighted by Crippen LogP contribution is -2.28. The number of nitrogens with one attached hydrogen (secondary N) is 2. The molecule has 3 heterocycles. The van der Waals surface area contributed by atoms with Gasteiger partial charge < -0.3 is 19.6 Å². The molecule has 0 fully saturated rings. The second-order valence-electron chi connectivity index (χ2n) is 7.02. The fourth-order valence-corrected chi connectivity index (χ4v) is 3.41. The minimum Gasteiger partial charge on any atom is -0.480 e. The lowest BCUT2D eigenvalue weighted by Gasteiger charge is -2.18. The molecule has 9 nitrogen and oxygen atoms in total. The molecule has 0 aliphatic heterocycles. The Morgan fingerprint density at radius 3 is 2.91 bits per heavy atom. The van der Waals surface area contributed by atoms with Crippen molar-refractivity contribution in [2.75, 3.05) is 7.11 Å². The number of amides is 1. The van der Waals surface area contributed by atoms with Crippen LogP contribution in [0.1, 0.15) is 40.5 Å². The zero-order chi connectivity index (χ0) is 23.0. The molecule has 168 valence electrons. The van der Waals surface area contributed by atoms with Crippen molar-refractivity contribution in [2.45, 2.75) is 25.6 Å². The molecule has 0 bridgehead atoms. The first-order chi connectivity index (χ1) is 15.2. The summed E-state index contributed by atoms with van der Waals surface area (Å²) in [5.41, 5.74) is 1.06. The Morgan fingerprint density at radius 1 is 1.41 bits per heavy atom. The van der Waals surface area contributed by atoms with Gasteiger partial charge in [-0.05, 0) is 13.0 Å². The Kier molecular flexibility index (Phi) is 5.63. The Labute approximate surface area is 184 Å². The lowest BCUT2D eigenvalue weighted by atomic mass is 9.96. The smallest absolute Gasteiger partial charge is 0.395 e. The molecule has 1 aliphatic rings. The summed E-state index contributed by atoms with van der Waals surface area (Å²) in [6.07, 6.45) is -1.00. The van der Waals surface area contributed by atoms with Crippen molar-refractivity contribution in [3.63, 3.8) is 0 Å². The highest BCUT2D eigenvalue weighted by Gasteiger charge is 2.40. The van der Waals surface area contributed by atoms with E-state index in [4.69, 9.17) is 20.9 Å². The first-order valence-corrected chi connectivity index (χ1v) is 9.71. The van der Waals surface area contributed by atoms with Crippen LogP contribution >= 0.6 is 11.6 Å². The molecule has 0 saturated heterocycles. The van der Waals surface area contributed by atoms with Gasteiger partial charge in [-0.25, -0.2) is 15.0 Å². The minimum atomic E-state index is -4.33. The molecule has 3 aromatic rings. The van der Waals surface area contributed by atoms with Gasteiger partial charge in [0.25, 0.3) is 5.91 Å². The van der Waals surface area contributed by atoms with E-state index in [1.54, 1.807) is 6.92 Å². The SMILES string of the molecule is COc1ncnc(C(=O)N[C@H](C)c2cc(-c3nc4c([nH]3)CC(C(F)(F)F)C=C4)on2)c1Cl. The summed E-state index contributed by atoms with van der Waals surface area (Å²) in [5.74, 6) is -1.63. The van der Waals surface area contributed by atoms with Crippen molar-refractivity contribution in [1.82, 2.24) is 30.4 Å². The van der Waals surface area contributed by atoms with Crippen LogP contribution in [0.15, 0.2) is 23.0 Å². The van der Waals surface area contributed by atoms with Gasteiger partial charge in [0.2, 0.25) is 11.6 Å². The van der Waals surface area contributed by atoms with Crippen molar-refractivity contribution >= 4 is 23.6 Å². The van der Waals surface area contributed by atoms with E-state index in [-0.39, 0.29) is 34.6 Å². The minimum absolute atomic E-state index is 0.0353. The summed E-state index contributed by atoms with van der Waals surface area (Å²) in [6, 6.07) is 0.929. The van der Waals surface area contributed by atoms with E-state index in [2.05, 4.69) is 30.4 Å². The largest absolute Gasteiger partial charge is 0.480 e. The molecular formula is C19H16ClF3N6O3. The topological polar surface area (TPSA) is 119 Å². The van der Waals surface area contributed by atoms with E-state index in [1.807, 2.05) is 0 Å². The summed E-state index contributed by atoms with van der Waals surface area (Å²) in [6.45, 7) is 1.66. The highest BCUT2D eigenvalue weighted by atomic mass is 35.5. The first kappa shape index (κ1) is 21.8. The number of alkyl halides is 3. The van der Waals surface area contributed by atoms with Gasteiger partial charge in [0.05, 0.1) is 24.8 Å². The van der Waals surface area contributed by atoms with E-state index in [0.717, 1.165) is 12.4 Å². The van der Waals surface area contributed by atoms with Gasteiger partial charge in [0.15, 0.2) is 11.5 Å². The number of ether oxygens (including phenoxy) is 1. The monoisotopic (exact) mass is 468 g/mol. The molecule has 2 atom stereocenters. The summed E-state index contributed by atoms with van der Waals surface area (Å²) < 4.78 is 49.2. The number of halogens is 4. The maximum absolute atomic E-state index is 13.0. The fourth-order valence-electron chi connectivity index (χ4n) is 3.15. The molecule has 0 aromatic carbocycles. The van der Waals surface area contributed by atoms with Crippen LogP contribution in [0.4, 0.5) is 13.2 Å². The highest BCUT2D eigenvalue weighted by Crippen LogP contribution is 2.35. The van der Waals surface area contributed by atoms with Gasteiger partial charge in [-0.15, -0.1) is 0 Å². The molecule has 3 aromatic heterocycles. The molecule has 1 amide bonds. The van der Waals surface area contributed by atoms with Crippen LogP contribution in [0, 0.1) is 5.92 Å². The average molecular weight is 469 g/mol. The number of carbonyl (C=O) groups excluding carboxylic acids is 1. The Bertz CT molecular complexity index is 1190. The van der Waals surface area contributed by atoms with Crippen molar-refractivity contribution in [2.24, 2.45) is 5.92 Å². The van der Waals surface area contributed by atoms with E-state index >= 15 is 0 Å². The predicted octanol–water partition coefficient (Wildman–Crippen LogP) is 3.76. The Hall–Kier alpha value is -3.41. The number of methoxy groups -OCH3 is 1. The number of H-pyrrole nitrogens is 1. The number of hydrogen-bond acceptors (Lipinski definition) is 7. The van der Waals surface area contributed by atoms with Crippen molar-refractivity contribution in [3.05, 3.63) is 46.3 Å². The number of fused-ring (bicyclic) bond motifs is 1. The van der Waals surface area contributed by atoms with Crippen LogP contribution in [0.3, 0.4) is 0 Å². The third-order valence-electron chi connectivity index (χ3n) is 4.86. The van der Waals surface area contributed by atoms with Crippen LogP contribution in [-0.2, 0) is 6.42 Å². The molecule has 32 heavy (non-hydrogen) atoms. The Morgan fingerprint density at radius 2 is 2.19 bits per heavy atom. The normalized spacial score (nSPS) is 16.5. The van der Waals surface area contributed by atoms with Crippen molar-refractivity contribution in [1.29, 1.82) is 0 Å². The average Bonchev–Trinajstić information content (AvgIpc) is 3.39. The zero-order valence-electron chi connectivity index (χ0n) is 16.7.